The van der Waals surface area contributed by atoms with Crippen LogP contribution in [0.4, 0.5) is 0 Å². The minimum Gasteiger partial charge on any atom is -0.467 e. The van der Waals surface area contributed by atoms with Crippen LogP contribution in [0.3, 0.4) is 0 Å². The number of carbonyl (C=O) groups excluding carboxylic acids is 1. The molecule has 1 fully saturated rings. The zero-order chi connectivity index (χ0) is 18.6. The zero-order valence-electron chi connectivity index (χ0n) is 14.7. The lowest BCUT2D eigenvalue weighted by Crippen LogP contribution is -3.15. The molecule has 0 aliphatic carbocycles. The summed E-state index contributed by atoms with van der Waals surface area (Å²) in [5.41, 5.74) is 0. The van der Waals surface area contributed by atoms with Gasteiger partial charge in [-0.25, -0.2) is 8.42 Å². The molecule has 1 aromatic heterocycles. The molecule has 0 spiro atoms. The molecule has 3 rings (SSSR count). The van der Waals surface area contributed by atoms with Crippen LogP contribution in [-0.2, 0) is 14.8 Å². The topological polar surface area (TPSA) is 84.1 Å². The van der Waals surface area contributed by atoms with Crippen molar-refractivity contribution in [1.82, 2.24) is 9.62 Å². The fourth-order valence-electron chi connectivity index (χ4n) is 3.09. The molecule has 2 N–H and O–H groups in total. The summed E-state index contributed by atoms with van der Waals surface area (Å²) in [5, 5.41) is 2.91. The van der Waals surface area contributed by atoms with E-state index in [4.69, 9.17) is 4.42 Å². The molecular formula is C18H24N3O4S+. The van der Waals surface area contributed by atoms with Gasteiger partial charge < -0.3 is 14.6 Å². The molecular weight excluding hydrogens is 354 g/mol. The van der Waals surface area contributed by atoms with Crippen LogP contribution in [0.15, 0.2) is 58.0 Å². The Labute approximate surface area is 153 Å². The molecule has 1 atom stereocenters. The maximum atomic E-state index is 12.6. The number of hydrogen-bond acceptors (Lipinski definition) is 4. The average Bonchev–Trinajstić information content (AvgIpc) is 3.18. The largest absolute Gasteiger partial charge is 0.467 e. The minimum atomic E-state index is -3.46. The molecule has 140 valence electrons. The van der Waals surface area contributed by atoms with Crippen LogP contribution in [0.25, 0.3) is 0 Å². The number of amides is 1. The van der Waals surface area contributed by atoms with E-state index >= 15 is 0 Å². The number of rotatable bonds is 6. The van der Waals surface area contributed by atoms with Crippen molar-refractivity contribution in [1.29, 1.82) is 0 Å². The number of quaternary nitrogens is 1. The first-order valence-electron chi connectivity index (χ1n) is 8.68. The Balaban J connectivity index is 1.50. The maximum absolute atomic E-state index is 12.6. The summed E-state index contributed by atoms with van der Waals surface area (Å²) in [6.45, 7) is 4.23. The number of nitrogens with one attached hydrogen (secondary N) is 2. The molecule has 7 nitrogen and oxygen atoms in total. The fourth-order valence-corrected chi connectivity index (χ4v) is 4.55. The van der Waals surface area contributed by atoms with Crippen molar-refractivity contribution >= 4 is 15.9 Å². The van der Waals surface area contributed by atoms with Crippen LogP contribution in [0, 0.1) is 0 Å². The number of carbonyl (C=O) groups is 1. The predicted octanol–water partition coefficient (Wildman–Crippen LogP) is 0.0462. The van der Waals surface area contributed by atoms with E-state index in [2.05, 4.69) is 5.32 Å². The Morgan fingerprint density at radius 3 is 2.50 bits per heavy atom. The monoisotopic (exact) mass is 378 g/mol. The van der Waals surface area contributed by atoms with Crippen molar-refractivity contribution in [2.24, 2.45) is 0 Å². The molecule has 1 aliphatic rings. The van der Waals surface area contributed by atoms with Gasteiger partial charge >= 0.3 is 0 Å². The third-order valence-corrected chi connectivity index (χ3v) is 6.48. The van der Waals surface area contributed by atoms with Crippen LogP contribution in [0.2, 0.25) is 0 Å². The molecule has 8 heteroatoms. The highest BCUT2D eigenvalue weighted by Gasteiger charge is 2.31. The smallest absolute Gasteiger partial charge is 0.275 e. The Morgan fingerprint density at radius 2 is 1.88 bits per heavy atom. The summed E-state index contributed by atoms with van der Waals surface area (Å²) in [6, 6.07) is 11.9. The highest BCUT2D eigenvalue weighted by molar-refractivity contribution is 7.89. The number of hydrogen-bond donors (Lipinski definition) is 2. The van der Waals surface area contributed by atoms with Crippen molar-refractivity contribution in [2.75, 3.05) is 32.7 Å². The normalized spacial score (nSPS) is 17.7. The zero-order valence-corrected chi connectivity index (χ0v) is 15.5. The first-order valence-corrected chi connectivity index (χ1v) is 10.1. The van der Waals surface area contributed by atoms with Gasteiger partial charge in [0.15, 0.2) is 6.54 Å². The summed E-state index contributed by atoms with van der Waals surface area (Å²) in [7, 11) is -3.46. The van der Waals surface area contributed by atoms with Crippen molar-refractivity contribution in [3.05, 3.63) is 54.5 Å². The lowest BCUT2D eigenvalue weighted by molar-refractivity contribution is -0.895. The molecule has 1 aromatic carbocycles. The Bertz CT molecular complexity index is 813. The van der Waals surface area contributed by atoms with Crippen LogP contribution >= 0.6 is 0 Å². The van der Waals surface area contributed by atoms with E-state index in [1.165, 1.54) is 4.31 Å². The van der Waals surface area contributed by atoms with Crippen LogP contribution in [-0.4, -0.2) is 51.4 Å². The molecule has 0 unspecified atom stereocenters. The van der Waals surface area contributed by atoms with E-state index in [1.807, 2.05) is 13.0 Å². The van der Waals surface area contributed by atoms with Crippen molar-refractivity contribution < 1.29 is 22.5 Å². The van der Waals surface area contributed by atoms with Crippen LogP contribution < -0.4 is 10.2 Å². The number of furan rings is 1. The van der Waals surface area contributed by atoms with E-state index < -0.39 is 10.0 Å². The second-order valence-electron chi connectivity index (χ2n) is 6.45. The van der Waals surface area contributed by atoms with Gasteiger partial charge in [0.25, 0.3) is 5.91 Å². The van der Waals surface area contributed by atoms with Gasteiger partial charge in [-0.2, -0.15) is 4.31 Å². The minimum absolute atomic E-state index is 0.0664. The fraction of sp³-hybridized carbons (Fsp3) is 0.389. The van der Waals surface area contributed by atoms with Gasteiger partial charge in [-0.05, 0) is 31.2 Å². The summed E-state index contributed by atoms with van der Waals surface area (Å²) in [4.78, 5) is 13.6. The molecule has 1 aliphatic heterocycles. The Kier molecular flexibility index (Phi) is 5.75. The molecule has 0 radical (unpaired) electrons. The lowest BCUT2D eigenvalue weighted by atomic mass is 10.2. The van der Waals surface area contributed by atoms with Crippen molar-refractivity contribution in [3.8, 4) is 0 Å². The van der Waals surface area contributed by atoms with Gasteiger partial charge in [0, 0.05) is 0 Å². The van der Waals surface area contributed by atoms with Crippen LogP contribution in [0.1, 0.15) is 18.7 Å². The highest BCUT2D eigenvalue weighted by Crippen LogP contribution is 2.15. The van der Waals surface area contributed by atoms with E-state index in [1.54, 1.807) is 42.7 Å². The van der Waals surface area contributed by atoms with Gasteiger partial charge in [-0.3, -0.25) is 4.79 Å². The Morgan fingerprint density at radius 1 is 1.19 bits per heavy atom. The molecule has 0 saturated carbocycles. The van der Waals surface area contributed by atoms with Gasteiger partial charge in [-0.15, -0.1) is 0 Å². The van der Waals surface area contributed by atoms with E-state index in [0.29, 0.717) is 43.4 Å². The maximum Gasteiger partial charge on any atom is 0.275 e. The van der Waals surface area contributed by atoms with Gasteiger partial charge in [0.1, 0.15) is 5.76 Å². The van der Waals surface area contributed by atoms with Gasteiger partial charge in [0.05, 0.1) is 43.4 Å². The standard InChI is InChI=1S/C18H23N3O4S/c1-15(17-8-5-13-25-17)19-18(22)14-20-9-11-21(12-10-20)26(23,24)16-6-3-2-4-7-16/h2-8,13,15H,9-12,14H2,1H3,(H,19,22)/p+1/t15-/m0/s1. The number of nitrogens with zero attached hydrogens (tertiary/aromatic N) is 1. The van der Waals surface area contributed by atoms with Gasteiger partial charge in [0.2, 0.25) is 10.0 Å². The third-order valence-electron chi connectivity index (χ3n) is 4.57. The quantitative estimate of drug-likeness (QED) is 0.744. The summed E-state index contributed by atoms with van der Waals surface area (Å²) < 4.78 is 32.0. The van der Waals surface area contributed by atoms with Crippen LogP contribution in [0.5, 0.6) is 0 Å². The first-order chi connectivity index (χ1) is 12.5. The predicted molar refractivity (Wildman–Crippen MR) is 96.0 cm³/mol. The summed E-state index contributed by atoms with van der Waals surface area (Å²) >= 11 is 0. The highest BCUT2D eigenvalue weighted by atomic mass is 32.2. The van der Waals surface area contributed by atoms with Crippen molar-refractivity contribution in [2.45, 2.75) is 17.9 Å². The van der Waals surface area contributed by atoms with Gasteiger partial charge in [-0.1, -0.05) is 18.2 Å². The second-order valence-corrected chi connectivity index (χ2v) is 8.39. The molecule has 1 saturated heterocycles. The summed E-state index contributed by atoms with van der Waals surface area (Å²) in [5.74, 6) is 0.649. The molecule has 2 aromatic rings. The number of piperazine rings is 1. The first kappa shape index (κ1) is 18.6. The number of benzene rings is 1. The average molecular weight is 378 g/mol. The number of sulfonamides is 1. The van der Waals surface area contributed by atoms with Crippen molar-refractivity contribution in [3.63, 3.8) is 0 Å². The lowest BCUT2D eigenvalue weighted by Gasteiger charge is -2.31. The van der Waals surface area contributed by atoms with E-state index in [-0.39, 0.29) is 11.9 Å². The second kappa shape index (κ2) is 8.03. The third kappa shape index (κ3) is 4.32. The summed E-state index contributed by atoms with van der Waals surface area (Å²) in [6.07, 6.45) is 1.58. The Hall–Kier alpha value is -2.16. The van der Waals surface area contributed by atoms with E-state index in [9.17, 15) is 13.2 Å². The molecule has 0 bridgehead atoms. The molecule has 26 heavy (non-hydrogen) atoms. The SMILES string of the molecule is C[C@H](NC(=O)C[NH+]1CCN(S(=O)(=O)c2ccccc2)CC1)c1ccco1. The van der Waals surface area contributed by atoms with E-state index in [0.717, 1.165) is 4.90 Å². The molecule has 2 heterocycles. The molecule has 1 amide bonds.